The van der Waals surface area contributed by atoms with Crippen LogP contribution in [0.25, 0.3) is 23.5 Å². The van der Waals surface area contributed by atoms with Gasteiger partial charge in [-0.2, -0.15) is 4.52 Å². The third-order valence-electron chi connectivity index (χ3n) is 3.98. The van der Waals surface area contributed by atoms with Crippen LogP contribution in [0.1, 0.15) is 11.3 Å². The summed E-state index contributed by atoms with van der Waals surface area (Å²) in [5, 5.41) is 11.3. The molecule has 4 rings (SSSR count). The number of pyridine rings is 1. The van der Waals surface area contributed by atoms with E-state index in [4.69, 9.17) is 0 Å². The molecule has 0 unspecified atom stereocenters. The lowest BCUT2D eigenvalue weighted by Crippen LogP contribution is -2.20. The Kier molecular flexibility index (Phi) is 4.06. The van der Waals surface area contributed by atoms with Gasteiger partial charge in [-0.3, -0.25) is 19.9 Å². The number of fused-ring (bicyclic) bond motifs is 1. The summed E-state index contributed by atoms with van der Waals surface area (Å²) in [6.45, 7) is 0. The van der Waals surface area contributed by atoms with E-state index in [0.29, 0.717) is 17.0 Å². The van der Waals surface area contributed by atoms with E-state index in [-0.39, 0.29) is 11.2 Å². The third kappa shape index (κ3) is 3.11. The molecule has 0 aliphatic rings. The second kappa shape index (κ2) is 6.68. The zero-order valence-corrected chi connectivity index (χ0v) is 14.0. The Hall–Kier alpha value is -4.07. The zero-order valence-electron chi connectivity index (χ0n) is 14.0. The van der Waals surface area contributed by atoms with Gasteiger partial charge in [0.1, 0.15) is 5.69 Å². The Morgan fingerprint density at radius 1 is 1.07 bits per heavy atom. The van der Waals surface area contributed by atoms with Crippen molar-refractivity contribution in [2.45, 2.75) is 0 Å². The number of nitro groups is 1. The maximum Gasteiger partial charge on any atom is 0.294 e. The minimum Gasteiger partial charge on any atom is -0.267 e. The molecule has 8 heteroatoms. The molecule has 0 aliphatic carbocycles. The van der Waals surface area contributed by atoms with Gasteiger partial charge in [-0.25, -0.2) is 9.67 Å². The summed E-state index contributed by atoms with van der Waals surface area (Å²) in [7, 11) is 0. The van der Waals surface area contributed by atoms with Gasteiger partial charge < -0.3 is 0 Å². The second-order valence-electron chi connectivity index (χ2n) is 5.72. The minimum atomic E-state index is -0.482. The van der Waals surface area contributed by atoms with Crippen molar-refractivity contribution in [3.8, 4) is 5.69 Å². The molecule has 0 bridgehead atoms. The highest BCUT2D eigenvalue weighted by molar-refractivity contribution is 5.68. The standard InChI is InChI=1S/C19H13N5O3/c25-19-12-15(8-7-14-4-3-10-20-13-14)21-18-9-11-22(23(18)19)16-5-1-2-6-17(16)24(26)27/h1-13H. The van der Waals surface area contributed by atoms with Gasteiger partial charge in [0.25, 0.3) is 11.2 Å². The van der Waals surface area contributed by atoms with Crippen LogP contribution in [0.15, 0.2) is 71.9 Å². The molecule has 4 aromatic rings. The molecule has 3 aromatic heterocycles. The molecular formula is C19H13N5O3. The lowest BCUT2D eigenvalue weighted by atomic mass is 10.2. The predicted molar refractivity (Wildman–Crippen MR) is 101 cm³/mol. The Labute approximate surface area is 152 Å². The van der Waals surface area contributed by atoms with E-state index in [1.165, 1.54) is 21.3 Å². The Morgan fingerprint density at radius 2 is 1.93 bits per heavy atom. The lowest BCUT2D eigenvalue weighted by Gasteiger charge is -2.07. The van der Waals surface area contributed by atoms with Crippen molar-refractivity contribution in [1.82, 2.24) is 19.2 Å². The summed E-state index contributed by atoms with van der Waals surface area (Å²) in [5.41, 5.74) is 1.63. The largest absolute Gasteiger partial charge is 0.294 e. The summed E-state index contributed by atoms with van der Waals surface area (Å²) in [6, 6.07) is 13.0. The van der Waals surface area contributed by atoms with Crippen molar-refractivity contribution >= 4 is 23.5 Å². The number of benzene rings is 1. The Morgan fingerprint density at radius 3 is 2.70 bits per heavy atom. The van der Waals surface area contributed by atoms with Crippen molar-refractivity contribution in [1.29, 1.82) is 0 Å². The summed E-state index contributed by atoms with van der Waals surface area (Å²) >= 11 is 0. The van der Waals surface area contributed by atoms with Crippen molar-refractivity contribution in [2.75, 3.05) is 0 Å². The van der Waals surface area contributed by atoms with Gasteiger partial charge in [0.15, 0.2) is 5.65 Å². The predicted octanol–water partition coefficient (Wildman–Crippen LogP) is 2.96. The van der Waals surface area contributed by atoms with Crippen LogP contribution in [0.4, 0.5) is 5.69 Å². The van der Waals surface area contributed by atoms with Gasteiger partial charge in [0.2, 0.25) is 0 Å². The first-order chi connectivity index (χ1) is 13.1. The van der Waals surface area contributed by atoms with Crippen LogP contribution in [-0.4, -0.2) is 24.1 Å². The lowest BCUT2D eigenvalue weighted by molar-refractivity contribution is -0.384. The number of nitro benzene ring substituents is 1. The molecule has 8 nitrogen and oxygen atoms in total. The number of rotatable bonds is 4. The molecule has 0 saturated heterocycles. The molecule has 3 heterocycles. The first kappa shape index (κ1) is 16.4. The first-order valence-corrected chi connectivity index (χ1v) is 8.07. The van der Waals surface area contributed by atoms with Crippen molar-refractivity contribution in [3.63, 3.8) is 0 Å². The number of aromatic nitrogens is 4. The summed E-state index contributed by atoms with van der Waals surface area (Å²) in [5.74, 6) is 0. The van der Waals surface area contributed by atoms with E-state index in [2.05, 4.69) is 9.97 Å². The average Bonchev–Trinajstić information content (AvgIpc) is 3.11. The van der Waals surface area contributed by atoms with Crippen LogP contribution in [0, 0.1) is 10.1 Å². The van der Waals surface area contributed by atoms with Gasteiger partial charge in [-0.15, -0.1) is 0 Å². The van der Waals surface area contributed by atoms with Crippen LogP contribution < -0.4 is 5.56 Å². The van der Waals surface area contributed by atoms with E-state index in [0.717, 1.165) is 5.56 Å². The third-order valence-corrected chi connectivity index (χ3v) is 3.98. The Bertz CT molecular complexity index is 1230. The van der Waals surface area contributed by atoms with Crippen LogP contribution >= 0.6 is 0 Å². The van der Waals surface area contributed by atoms with Gasteiger partial charge >= 0.3 is 0 Å². The Balaban J connectivity index is 1.81. The SMILES string of the molecule is O=c1cc(C=Cc2cccnc2)nc2ccn(-c3ccccc3[N+](=O)[O-])n12. The fourth-order valence-corrected chi connectivity index (χ4v) is 2.78. The fourth-order valence-electron chi connectivity index (χ4n) is 2.78. The van der Waals surface area contributed by atoms with Crippen LogP contribution in [0.2, 0.25) is 0 Å². The molecular weight excluding hydrogens is 346 g/mol. The van der Waals surface area contributed by atoms with Crippen molar-refractivity contribution in [2.24, 2.45) is 0 Å². The maximum atomic E-state index is 12.6. The van der Waals surface area contributed by atoms with Gasteiger partial charge in [0, 0.05) is 36.8 Å². The number of para-hydroxylation sites is 2. The molecule has 1 aromatic carbocycles. The topological polar surface area (TPSA) is 95.3 Å². The second-order valence-corrected chi connectivity index (χ2v) is 5.72. The van der Waals surface area contributed by atoms with E-state index in [9.17, 15) is 14.9 Å². The first-order valence-electron chi connectivity index (χ1n) is 8.07. The smallest absolute Gasteiger partial charge is 0.267 e. The highest BCUT2D eigenvalue weighted by Gasteiger charge is 2.16. The fraction of sp³-hybridized carbons (Fsp3) is 0. The van der Waals surface area contributed by atoms with Gasteiger partial charge in [-0.05, 0) is 23.8 Å². The molecule has 132 valence electrons. The van der Waals surface area contributed by atoms with Crippen molar-refractivity contribution < 1.29 is 4.92 Å². The molecule has 27 heavy (non-hydrogen) atoms. The van der Waals surface area contributed by atoms with Crippen LogP contribution in [-0.2, 0) is 0 Å². The quantitative estimate of drug-likeness (QED) is 0.412. The van der Waals surface area contributed by atoms with E-state index in [1.807, 2.05) is 18.2 Å². The molecule has 0 aliphatic heterocycles. The van der Waals surface area contributed by atoms with Gasteiger partial charge in [0.05, 0.1) is 10.6 Å². The molecule has 0 amide bonds. The number of hydrogen-bond donors (Lipinski definition) is 0. The van der Waals surface area contributed by atoms with Crippen LogP contribution in [0.5, 0.6) is 0 Å². The summed E-state index contributed by atoms with van der Waals surface area (Å²) < 4.78 is 2.72. The van der Waals surface area contributed by atoms with Gasteiger partial charge in [-0.1, -0.05) is 24.3 Å². The minimum absolute atomic E-state index is 0.0950. The zero-order chi connectivity index (χ0) is 18.8. The summed E-state index contributed by atoms with van der Waals surface area (Å²) in [6.07, 6.45) is 8.50. The molecule has 0 atom stereocenters. The van der Waals surface area contributed by atoms with E-state index >= 15 is 0 Å². The maximum absolute atomic E-state index is 12.6. The van der Waals surface area contributed by atoms with E-state index < -0.39 is 4.92 Å². The molecule has 0 fully saturated rings. The number of hydrogen-bond acceptors (Lipinski definition) is 5. The molecule has 0 saturated carbocycles. The molecule has 0 radical (unpaired) electrons. The monoisotopic (exact) mass is 359 g/mol. The van der Waals surface area contributed by atoms with Crippen LogP contribution in [0.3, 0.4) is 0 Å². The highest BCUT2D eigenvalue weighted by Crippen LogP contribution is 2.22. The summed E-state index contributed by atoms with van der Waals surface area (Å²) in [4.78, 5) is 31.9. The highest BCUT2D eigenvalue weighted by atomic mass is 16.6. The molecule has 0 N–H and O–H groups in total. The molecule has 0 spiro atoms. The average molecular weight is 359 g/mol. The van der Waals surface area contributed by atoms with E-state index in [1.54, 1.807) is 48.9 Å². The van der Waals surface area contributed by atoms with Crippen molar-refractivity contribution in [3.05, 3.63) is 98.8 Å². The normalized spacial score (nSPS) is 11.3. The number of nitrogens with zero attached hydrogens (tertiary/aromatic N) is 5.